The van der Waals surface area contributed by atoms with Crippen molar-refractivity contribution >= 4 is 10.0 Å². The van der Waals surface area contributed by atoms with Gasteiger partial charge < -0.3 is 5.32 Å². The number of aryl methyl sites for hydroxylation is 1. The highest BCUT2D eigenvalue weighted by Crippen LogP contribution is 2.33. The standard InChI is InChI=1S/C13H24N4O2S/c1-13(2)6-4-9-17(13)20(18,19)12-10-15-16(11-12)8-5-7-14-3/h10-11,14H,4-9H2,1-3H3. The first-order valence-corrected chi connectivity index (χ1v) is 8.52. The summed E-state index contributed by atoms with van der Waals surface area (Å²) in [6.07, 6.45) is 5.85. The second-order valence-corrected chi connectivity index (χ2v) is 7.75. The van der Waals surface area contributed by atoms with Crippen molar-refractivity contribution < 1.29 is 8.42 Å². The summed E-state index contributed by atoms with van der Waals surface area (Å²) in [5, 5.41) is 7.22. The molecule has 0 saturated carbocycles. The summed E-state index contributed by atoms with van der Waals surface area (Å²) in [5.74, 6) is 0. The summed E-state index contributed by atoms with van der Waals surface area (Å²) in [7, 11) is -1.52. The first kappa shape index (κ1) is 15.5. The molecule has 0 spiro atoms. The highest BCUT2D eigenvalue weighted by atomic mass is 32.2. The highest BCUT2D eigenvalue weighted by Gasteiger charge is 2.41. The predicted molar refractivity (Wildman–Crippen MR) is 78.0 cm³/mol. The Balaban J connectivity index is 2.14. The smallest absolute Gasteiger partial charge is 0.246 e. The molecule has 1 fully saturated rings. The molecule has 1 aromatic rings. The van der Waals surface area contributed by atoms with Gasteiger partial charge in [-0.15, -0.1) is 0 Å². The summed E-state index contributed by atoms with van der Waals surface area (Å²) in [4.78, 5) is 0.303. The first-order valence-electron chi connectivity index (χ1n) is 7.08. The van der Waals surface area contributed by atoms with Gasteiger partial charge in [-0.25, -0.2) is 8.42 Å². The zero-order valence-corrected chi connectivity index (χ0v) is 13.3. The van der Waals surface area contributed by atoms with E-state index in [9.17, 15) is 8.42 Å². The number of hydrogen-bond donors (Lipinski definition) is 1. The SMILES string of the molecule is CNCCCn1cc(S(=O)(=O)N2CCCC2(C)C)cn1. The van der Waals surface area contributed by atoms with E-state index in [2.05, 4.69) is 10.4 Å². The van der Waals surface area contributed by atoms with Crippen LogP contribution in [0.2, 0.25) is 0 Å². The van der Waals surface area contributed by atoms with Gasteiger partial charge in [0, 0.05) is 24.8 Å². The number of aromatic nitrogens is 2. The lowest BCUT2D eigenvalue weighted by Gasteiger charge is -2.29. The molecule has 114 valence electrons. The molecule has 0 bridgehead atoms. The van der Waals surface area contributed by atoms with Gasteiger partial charge in [-0.2, -0.15) is 9.40 Å². The van der Waals surface area contributed by atoms with Crippen molar-refractivity contribution in [2.24, 2.45) is 0 Å². The van der Waals surface area contributed by atoms with Crippen LogP contribution in [-0.4, -0.2) is 48.2 Å². The van der Waals surface area contributed by atoms with E-state index in [4.69, 9.17) is 0 Å². The van der Waals surface area contributed by atoms with Crippen LogP contribution in [0.3, 0.4) is 0 Å². The molecule has 1 aliphatic heterocycles. The Morgan fingerprint density at radius 2 is 2.20 bits per heavy atom. The number of hydrogen-bond acceptors (Lipinski definition) is 4. The fraction of sp³-hybridized carbons (Fsp3) is 0.769. The van der Waals surface area contributed by atoms with Crippen molar-refractivity contribution in [1.29, 1.82) is 0 Å². The minimum Gasteiger partial charge on any atom is -0.320 e. The zero-order valence-electron chi connectivity index (χ0n) is 12.5. The lowest BCUT2D eigenvalue weighted by atomic mass is 10.0. The van der Waals surface area contributed by atoms with E-state index in [0.29, 0.717) is 11.4 Å². The van der Waals surface area contributed by atoms with Crippen molar-refractivity contribution in [2.45, 2.75) is 50.1 Å². The third kappa shape index (κ3) is 3.05. The molecule has 1 N–H and O–H groups in total. The second-order valence-electron chi connectivity index (χ2n) is 5.89. The average molecular weight is 300 g/mol. The molecule has 0 radical (unpaired) electrons. The van der Waals surface area contributed by atoms with E-state index >= 15 is 0 Å². The quantitative estimate of drug-likeness (QED) is 0.798. The van der Waals surface area contributed by atoms with E-state index in [0.717, 1.165) is 32.4 Å². The second kappa shape index (κ2) is 5.83. The van der Waals surface area contributed by atoms with Crippen LogP contribution in [0, 0.1) is 0 Å². The van der Waals surface area contributed by atoms with Gasteiger partial charge >= 0.3 is 0 Å². The Kier molecular flexibility index (Phi) is 4.51. The summed E-state index contributed by atoms with van der Waals surface area (Å²) in [5.41, 5.74) is -0.299. The first-order chi connectivity index (χ1) is 9.38. The minimum atomic E-state index is -3.42. The molecule has 1 saturated heterocycles. The minimum absolute atomic E-state index is 0.299. The van der Waals surface area contributed by atoms with Crippen molar-refractivity contribution in [3.05, 3.63) is 12.4 Å². The molecule has 0 aliphatic carbocycles. The molecular weight excluding hydrogens is 276 g/mol. The van der Waals surface area contributed by atoms with Crippen LogP contribution in [-0.2, 0) is 16.6 Å². The van der Waals surface area contributed by atoms with Gasteiger partial charge in [-0.3, -0.25) is 4.68 Å². The maximum atomic E-state index is 12.7. The lowest BCUT2D eigenvalue weighted by Crippen LogP contribution is -2.42. The Hall–Kier alpha value is -0.920. The molecule has 20 heavy (non-hydrogen) atoms. The van der Waals surface area contributed by atoms with Gasteiger partial charge in [-0.05, 0) is 46.7 Å². The molecule has 0 atom stereocenters. The number of sulfonamides is 1. The third-order valence-corrected chi connectivity index (χ3v) is 5.90. The van der Waals surface area contributed by atoms with Gasteiger partial charge in [0.15, 0.2) is 0 Å². The van der Waals surface area contributed by atoms with Crippen LogP contribution in [0.25, 0.3) is 0 Å². The fourth-order valence-electron chi connectivity index (χ4n) is 2.67. The maximum absolute atomic E-state index is 12.7. The van der Waals surface area contributed by atoms with Gasteiger partial charge in [0.2, 0.25) is 10.0 Å². The summed E-state index contributed by atoms with van der Waals surface area (Å²) in [6, 6.07) is 0. The van der Waals surface area contributed by atoms with E-state index in [-0.39, 0.29) is 5.54 Å². The average Bonchev–Trinajstić information content (AvgIpc) is 2.96. The molecule has 6 nitrogen and oxygen atoms in total. The summed E-state index contributed by atoms with van der Waals surface area (Å²) >= 11 is 0. The van der Waals surface area contributed by atoms with E-state index in [1.807, 2.05) is 20.9 Å². The predicted octanol–water partition coefficient (Wildman–Crippen LogP) is 1.06. The van der Waals surface area contributed by atoms with Crippen LogP contribution in [0.4, 0.5) is 0 Å². The van der Waals surface area contributed by atoms with Crippen molar-refractivity contribution in [1.82, 2.24) is 19.4 Å². The summed E-state index contributed by atoms with van der Waals surface area (Å²) in [6.45, 7) is 6.17. The zero-order chi connectivity index (χ0) is 14.8. The molecule has 7 heteroatoms. The van der Waals surface area contributed by atoms with Crippen molar-refractivity contribution in [2.75, 3.05) is 20.1 Å². The molecule has 0 aromatic carbocycles. The van der Waals surface area contributed by atoms with E-state index < -0.39 is 10.0 Å². The molecule has 0 amide bonds. The molecule has 2 rings (SSSR count). The summed E-state index contributed by atoms with van der Waals surface area (Å²) < 4.78 is 28.6. The van der Waals surface area contributed by atoms with Gasteiger partial charge in [0.25, 0.3) is 0 Å². The number of nitrogens with zero attached hydrogens (tertiary/aromatic N) is 3. The number of nitrogens with one attached hydrogen (secondary N) is 1. The Bertz CT molecular complexity index is 550. The van der Waals surface area contributed by atoms with Crippen molar-refractivity contribution in [3.63, 3.8) is 0 Å². The third-order valence-electron chi connectivity index (χ3n) is 3.84. The lowest BCUT2D eigenvalue weighted by molar-refractivity contribution is 0.291. The van der Waals surface area contributed by atoms with Crippen LogP contribution in [0.15, 0.2) is 17.3 Å². The fourth-order valence-corrected chi connectivity index (χ4v) is 4.47. The molecule has 1 aliphatic rings. The number of rotatable bonds is 6. The molecule has 0 unspecified atom stereocenters. The van der Waals surface area contributed by atoms with Gasteiger partial charge in [-0.1, -0.05) is 0 Å². The van der Waals surface area contributed by atoms with Gasteiger partial charge in [0.05, 0.1) is 6.20 Å². The van der Waals surface area contributed by atoms with E-state index in [1.165, 1.54) is 6.20 Å². The van der Waals surface area contributed by atoms with Crippen molar-refractivity contribution in [3.8, 4) is 0 Å². The Labute approximate surface area is 121 Å². The Morgan fingerprint density at radius 1 is 1.45 bits per heavy atom. The van der Waals surface area contributed by atoms with Crippen LogP contribution < -0.4 is 5.32 Å². The molecule has 1 aromatic heterocycles. The monoisotopic (exact) mass is 300 g/mol. The van der Waals surface area contributed by atoms with Gasteiger partial charge in [0.1, 0.15) is 4.90 Å². The Morgan fingerprint density at radius 3 is 2.80 bits per heavy atom. The van der Waals surface area contributed by atoms with Crippen LogP contribution >= 0.6 is 0 Å². The normalized spacial score (nSPS) is 19.6. The topological polar surface area (TPSA) is 67.2 Å². The molecular formula is C13H24N4O2S. The largest absolute Gasteiger partial charge is 0.320 e. The maximum Gasteiger partial charge on any atom is 0.246 e. The highest BCUT2D eigenvalue weighted by molar-refractivity contribution is 7.89. The molecule has 2 heterocycles. The van der Waals surface area contributed by atoms with E-state index in [1.54, 1.807) is 15.2 Å². The van der Waals surface area contributed by atoms with Crippen LogP contribution in [0.1, 0.15) is 33.1 Å². The van der Waals surface area contributed by atoms with Crippen LogP contribution in [0.5, 0.6) is 0 Å².